The molecule has 0 aliphatic carbocycles. The number of hydrogen-bond donors (Lipinski definition) is 1. The van der Waals surface area contributed by atoms with Gasteiger partial charge < -0.3 is 24.2 Å². The second-order valence-electron chi connectivity index (χ2n) is 4.86. The zero-order valence-corrected chi connectivity index (χ0v) is 12.7. The summed E-state index contributed by atoms with van der Waals surface area (Å²) >= 11 is 5.88. The molecule has 0 radical (unpaired) electrons. The molecule has 0 bridgehead atoms. The molecular weight excluding hydrogens is 298 g/mol. The molecule has 2 rings (SSSR count). The van der Waals surface area contributed by atoms with E-state index in [0.29, 0.717) is 12.4 Å². The summed E-state index contributed by atoms with van der Waals surface area (Å²) in [4.78, 5) is 13.4. The van der Waals surface area contributed by atoms with Crippen LogP contribution in [0.5, 0.6) is 11.5 Å². The molecule has 1 N–H and O–H groups in total. The Bertz CT molecular complexity index is 522. The predicted molar refractivity (Wildman–Crippen MR) is 77.7 cm³/mol. The van der Waals surface area contributed by atoms with Crippen LogP contribution < -0.4 is 9.47 Å². The molecule has 1 aliphatic rings. The second-order valence-corrected chi connectivity index (χ2v) is 5.29. The van der Waals surface area contributed by atoms with E-state index in [2.05, 4.69) is 4.90 Å². The fourth-order valence-corrected chi connectivity index (χ4v) is 2.38. The van der Waals surface area contributed by atoms with Gasteiger partial charge in [0.15, 0.2) is 11.5 Å². The lowest BCUT2D eigenvalue weighted by atomic mass is 10.2. The smallest absolute Gasteiger partial charge is 0.339 e. The van der Waals surface area contributed by atoms with Gasteiger partial charge in [0.05, 0.1) is 13.7 Å². The Labute approximate surface area is 128 Å². The summed E-state index contributed by atoms with van der Waals surface area (Å²) in [6, 6.07) is 2.87. The molecule has 1 unspecified atom stereocenters. The highest BCUT2D eigenvalue weighted by atomic mass is 35.5. The summed E-state index contributed by atoms with van der Waals surface area (Å²) in [6.45, 7) is 2.50. The van der Waals surface area contributed by atoms with Crippen molar-refractivity contribution in [2.75, 3.05) is 40.5 Å². The van der Waals surface area contributed by atoms with Crippen LogP contribution in [0.1, 0.15) is 10.4 Å². The van der Waals surface area contributed by atoms with Crippen LogP contribution in [-0.2, 0) is 4.74 Å². The molecule has 1 aromatic rings. The van der Waals surface area contributed by atoms with Gasteiger partial charge in [-0.15, -0.1) is 0 Å². The Morgan fingerprint density at radius 1 is 1.57 bits per heavy atom. The van der Waals surface area contributed by atoms with Crippen LogP contribution in [-0.4, -0.2) is 62.5 Å². The minimum Gasteiger partial charge on any atom is -0.493 e. The van der Waals surface area contributed by atoms with Crippen LogP contribution in [0.25, 0.3) is 0 Å². The van der Waals surface area contributed by atoms with Gasteiger partial charge in [0.2, 0.25) is 0 Å². The average Bonchev–Trinajstić information content (AvgIpc) is 2.45. The van der Waals surface area contributed by atoms with E-state index in [9.17, 15) is 9.90 Å². The molecule has 1 heterocycles. The van der Waals surface area contributed by atoms with Crippen LogP contribution >= 0.6 is 11.6 Å². The maximum Gasteiger partial charge on any atom is 0.339 e. The van der Waals surface area contributed by atoms with E-state index in [1.165, 1.54) is 19.2 Å². The van der Waals surface area contributed by atoms with Crippen molar-refractivity contribution in [2.24, 2.45) is 0 Å². The van der Waals surface area contributed by atoms with Gasteiger partial charge in [-0.1, -0.05) is 11.6 Å². The molecule has 0 aromatic heterocycles. The number of benzene rings is 1. The zero-order chi connectivity index (χ0) is 15.4. The van der Waals surface area contributed by atoms with E-state index in [0.717, 1.165) is 13.1 Å². The van der Waals surface area contributed by atoms with Gasteiger partial charge in [-0.05, 0) is 13.1 Å². The Balaban J connectivity index is 2.16. The summed E-state index contributed by atoms with van der Waals surface area (Å²) in [6.07, 6.45) is -0.106. The Kier molecular flexibility index (Phi) is 5.27. The van der Waals surface area contributed by atoms with Crippen molar-refractivity contribution in [3.05, 3.63) is 22.7 Å². The van der Waals surface area contributed by atoms with Crippen molar-refractivity contribution < 1.29 is 24.1 Å². The van der Waals surface area contributed by atoms with Crippen molar-refractivity contribution in [1.29, 1.82) is 0 Å². The molecule has 0 saturated carbocycles. The minimum absolute atomic E-state index is 0.0245. The first-order valence-electron chi connectivity index (χ1n) is 6.55. The molecule has 1 fully saturated rings. The van der Waals surface area contributed by atoms with Gasteiger partial charge in [0, 0.05) is 24.2 Å². The van der Waals surface area contributed by atoms with E-state index < -0.39 is 5.97 Å². The number of nitrogens with zero attached hydrogens (tertiary/aromatic N) is 1. The number of halogens is 1. The number of ether oxygens (including phenoxy) is 3. The van der Waals surface area contributed by atoms with Crippen molar-refractivity contribution in [3.63, 3.8) is 0 Å². The van der Waals surface area contributed by atoms with Crippen molar-refractivity contribution in [2.45, 2.75) is 6.10 Å². The molecule has 1 aromatic carbocycles. The van der Waals surface area contributed by atoms with E-state index >= 15 is 0 Å². The van der Waals surface area contributed by atoms with Gasteiger partial charge in [-0.3, -0.25) is 0 Å². The van der Waals surface area contributed by atoms with Crippen LogP contribution in [0.15, 0.2) is 12.1 Å². The van der Waals surface area contributed by atoms with E-state index in [-0.39, 0.29) is 29.0 Å². The summed E-state index contributed by atoms with van der Waals surface area (Å²) in [5.74, 6) is -0.650. The highest BCUT2D eigenvalue weighted by Crippen LogP contribution is 2.35. The molecule has 1 aliphatic heterocycles. The molecular formula is C14H18ClNO5. The molecule has 0 spiro atoms. The predicted octanol–water partition coefficient (Wildman–Crippen LogP) is 1.76. The summed E-state index contributed by atoms with van der Waals surface area (Å²) in [5.41, 5.74) is -0.0245. The first-order valence-corrected chi connectivity index (χ1v) is 6.93. The Morgan fingerprint density at radius 3 is 2.95 bits per heavy atom. The van der Waals surface area contributed by atoms with Gasteiger partial charge in [0.25, 0.3) is 0 Å². The van der Waals surface area contributed by atoms with Gasteiger partial charge in [-0.2, -0.15) is 0 Å². The standard InChI is InChI=1S/C14H18ClNO5/c1-16-3-4-20-10(7-16)8-21-13-11(14(17)18)5-9(15)6-12(13)19-2/h5-6,10H,3-4,7-8H2,1-2H3,(H,17,18). The zero-order valence-electron chi connectivity index (χ0n) is 12.0. The van der Waals surface area contributed by atoms with E-state index in [1.54, 1.807) is 0 Å². The molecule has 6 nitrogen and oxygen atoms in total. The van der Waals surface area contributed by atoms with Gasteiger partial charge >= 0.3 is 5.97 Å². The Morgan fingerprint density at radius 2 is 2.33 bits per heavy atom. The van der Waals surface area contributed by atoms with E-state index in [1.807, 2.05) is 7.05 Å². The maximum atomic E-state index is 11.3. The number of aromatic carboxylic acids is 1. The highest BCUT2D eigenvalue weighted by molar-refractivity contribution is 6.31. The monoisotopic (exact) mass is 315 g/mol. The lowest BCUT2D eigenvalue weighted by Crippen LogP contribution is -2.42. The molecule has 116 valence electrons. The fourth-order valence-electron chi connectivity index (χ4n) is 2.17. The number of rotatable bonds is 5. The van der Waals surface area contributed by atoms with E-state index in [4.69, 9.17) is 25.8 Å². The number of morpholine rings is 1. The first-order chi connectivity index (χ1) is 10.0. The summed E-state index contributed by atoms with van der Waals surface area (Å²) < 4.78 is 16.4. The SMILES string of the molecule is COc1cc(Cl)cc(C(=O)O)c1OCC1CN(C)CCO1. The topological polar surface area (TPSA) is 68.2 Å². The molecule has 1 saturated heterocycles. The summed E-state index contributed by atoms with van der Waals surface area (Å²) in [7, 11) is 3.44. The fraction of sp³-hybridized carbons (Fsp3) is 0.500. The normalized spacial score (nSPS) is 19.3. The van der Waals surface area contributed by atoms with Crippen LogP contribution in [0, 0.1) is 0 Å². The largest absolute Gasteiger partial charge is 0.493 e. The number of methoxy groups -OCH3 is 1. The third kappa shape index (κ3) is 4.00. The average molecular weight is 316 g/mol. The lowest BCUT2D eigenvalue weighted by molar-refractivity contribution is -0.0407. The minimum atomic E-state index is -1.12. The molecule has 1 atom stereocenters. The number of hydrogen-bond acceptors (Lipinski definition) is 5. The summed E-state index contributed by atoms with van der Waals surface area (Å²) in [5, 5.41) is 9.54. The van der Waals surface area contributed by atoms with Crippen LogP contribution in [0.2, 0.25) is 5.02 Å². The van der Waals surface area contributed by atoms with Crippen LogP contribution in [0.4, 0.5) is 0 Å². The molecule has 21 heavy (non-hydrogen) atoms. The van der Waals surface area contributed by atoms with Crippen molar-refractivity contribution in [3.8, 4) is 11.5 Å². The number of carbonyl (C=O) groups is 1. The van der Waals surface area contributed by atoms with Crippen molar-refractivity contribution in [1.82, 2.24) is 4.90 Å². The number of carboxylic acids is 1. The quantitative estimate of drug-likeness (QED) is 0.893. The lowest BCUT2D eigenvalue weighted by Gasteiger charge is -2.30. The first kappa shape index (κ1) is 15.9. The molecule has 7 heteroatoms. The van der Waals surface area contributed by atoms with Crippen molar-refractivity contribution >= 4 is 17.6 Å². The van der Waals surface area contributed by atoms with Gasteiger partial charge in [0.1, 0.15) is 18.3 Å². The number of likely N-dealkylation sites (N-methyl/N-ethyl adjacent to an activating group) is 1. The van der Waals surface area contributed by atoms with Crippen LogP contribution in [0.3, 0.4) is 0 Å². The maximum absolute atomic E-state index is 11.3. The third-order valence-corrected chi connectivity index (χ3v) is 3.44. The highest BCUT2D eigenvalue weighted by Gasteiger charge is 2.22. The Hall–Kier alpha value is -1.50. The number of carboxylic acid groups (broad SMARTS) is 1. The third-order valence-electron chi connectivity index (χ3n) is 3.23. The second kappa shape index (κ2) is 6.98. The molecule has 0 amide bonds. The van der Waals surface area contributed by atoms with Gasteiger partial charge in [-0.25, -0.2) is 4.79 Å².